The molecular formula is C13H19NOS. The topological polar surface area (TPSA) is 30.0 Å². The minimum absolute atomic E-state index is 0.234. The lowest BCUT2D eigenvalue weighted by atomic mass is 9.75. The lowest BCUT2D eigenvalue weighted by Crippen LogP contribution is -2.26. The molecule has 1 fully saturated rings. The molecule has 2 atom stereocenters. The van der Waals surface area contributed by atoms with Gasteiger partial charge in [-0.05, 0) is 38.0 Å². The molecule has 1 aliphatic rings. The quantitative estimate of drug-likeness (QED) is 0.734. The fraction of sp³-hybridized carbons (Fsp3) is 0.692. The van der Waals surface area contributed by atoms with Crippen LogP contribution in [0.5, 0.6) is 0 Å². The van der Waals surface area contributed by atoms with Crippen LogP contribution in [0.25, 0.3) is 0 Å². The number of hydrogen-bond acceptors (Lipinski definition) is 3. The van der Waals surface area contributed by atoms with E-state index < -0.39 is 0 Å². The van der Waals surface area contributed by atoms with Gasteiger partial charge in [0.1, 0.15) is 0 Å². The third kappa shape index (κ3) is 2.34. The van der Waals surface area contributed by atoms with Crippen molar-refractivity contribution in [2.45, 2.75) is 40.0 Å². The Kier molecular flexibility index (Phi) is 3.43. The molecule has 0 aromatic carbocycles. The maximum atomic E-state index is 12.3. The third-order valence-electron chi connectivity index (χ3n) is 3.52. The number of nitrogens with zero attached hydrogens (tertiary/aromatic N) is 1. The molecule has 0 aliphatic heterocycles. The van der Waals surface area contributed by atoms with Crippen LogP contribution in [0.15, 0.2) is 5.51 Å². The van der Waals surface area contributed by atoms with Crippen molar-refractivity contribution in [2.75, 3.05) is 0 Å². The number of ketones is 1. The summed E-state index contributed by atoms with van der Waals surface area (Å²) in [5.74, 6) is 1.94. The van der Waals surface area contributed by atoms with Gasteiger partial charge in [0.25, 0.3) is 0 Å². The van der Waals surface area contributed by atoms with Gasteiger partial charge in [-0.3, -0.25) is 4.79 Å². The van der Waals surface area contributed by atoms with Gasteiger partial charge in [0.15, 0.2) is 5.78 Å². The molecule has 3 heteroatoms. The first kappa shape index (κ1) is 11.8. The Morgan fingerprint density at radius 3 is 2.44 bits per heavy atom. The summed E-state index contributed by atoms with van der Waals surface area (Å²) in [6.07, 6.45) is 3.38. The highest BCUT2D eigenvalue weighted by molar-refractivity contribution is 7.11. The summed E-state index contributed by atoms with van der Waals surface area (Å²) in [7, 11) is 0. The Labute approximate surface area is 101 Å². The Bertz CT molecular complexity index is 375. The first-order chi connectivity index (χ1) is 7.58. The molecule has 2 rings (SSSR count). The fourth-order valence-electron chi connectivity index (χ4n) is 2.88. The van der Waals surface area contributed by atoms with E-state index in [1.165, 1.54) is 17.8 Å². The number of aromatic nitrogens is 1. The highest BCUT2D eigenvalue weighted by Crippen LogP contribution is 2.35. The molecule has 1 heterocycles. The highest BCUT2D eigenvalue weighted by Gasteiger charge is 2.30. The molecule has 0 bridgehead atoms. The Morgan fingerprint density at radius 1 is 1.31 bits per heavy atom. The van der Waals surface area contributed by atoms with Gasteiger partial charge in [-0.2, -0.15) is 0 Å². The predicted molar refractivity (Wildman–Crippen MR) is 66.9 cm³/mol. The van der Waals surface area contributed by atoms with Gasteiger partial charge in [0.05, 0.1) is 16.1 Å². The van der Waals surface area contributed by atoms with E-state index in [-0.39, 0.29) is 5.92 Å². The molecule has 0 N–H and O–H groups in total. The number of aryl methyl sites for hydroxylation is 1. The summed E-state index contributed by atoms with van der Waals surface area (Å²) in [6, 6.07) is 0. The van der Waals surface area contributed by atoms with E-state index >= 15 is 0 Å². The van der Waals surface area contributed by atoms with Crippen molar-refractivity contribution in [1.82, 2.24) is 4.98 Å². The number of carbonyl (C=O) groups excluding carboxylic acids is 1. The fourth-order valence-corrected chi connectivity index (χ4v) is 3.71. The molecule has 1 aromatic rings. The van der Waals surface area contributed by atoms with Crippen LogP contribution in [0.4, 0.5) is 0 Å². The van der Waals surface area contributed by atoms with E-state index in [9.17, 15) is 4.79 Å². The summed E-state index contributed by atoms with van der Waals surface area (Å²) in [5.41, 5.74) is 2.68. The molecular weight excluding hydrogens is 218 g/mol. The van der Waals surface area contributed by atoms with E-state index in [2.05, 4.69) is 18.8 Å². The van der Waals surface area contributed by atoms with Crippen LogP contribution < -0.4 is 0 Å². The van der Waals surface area contributed by atoms with E-state index in [4.69, 9.17) is 0 Å². The van der Waals surface area contributed by atoms with Gasteiger partial charge in [-0.15, -0.1) is 11.3 Å². The highest BCUT2D eigenvalue weighted by atomic mass is 32.1. The Morgan fingerprint density at radius 2 is 1.94 bits per heavy atom. The van der Waals surface area contributed by atoms with Crippen LogP contribution in [0, 0.1) is 24.7 Å². The van der Waals surface area contributed by atoms with E-state index in [1.807, 2.05) is 6.92 Å². The van der Waals surface area contributed by atoms with Crippen molar-refractivity contribution in [3.05, 3.63) is 16.1 Å². The minimum atomic E-state index is 0.234. The molecule has 2 unspecified atom stereocenters. The molecule has 1 aliphatic carbocycles. The van der Waals surface area contributed by atoms with Crippen molar-refractivity contribution in [2.24, 2.45) is 17.8 Å². The standard InChI is InChI=1S/C13H19NOS/c1-8-4-9(2)6-11(5-8)12(15)13-10(3)14-7-16-13/h7-9,11H,4-6H2,1-3H3. The molecule has 1 aromatic heterocycles. The van der Waals surface area contributed by atoms with Crippen molar-refractivity contribution in [1.29, 1.82) is 0 Å². The second-order valence-electron chi connectivity index (χ2n) is 5.25. The first-order valence-electron chi connectivity index (χ1n) is 6.02. The first-order valence-corrected chi connectivity index (χ1v) is 6.90. The van der Waals surface area contributed by atoms with E-state index in [0.717, 1.165) is 23.4 Å². The lowest BCUT2D eigenvalue weighted by Gasteiger charge is -2.30. The smallest absolute Gasteiger partial charge is 0.177 e. The van der Waals surface area contributed by atoms with Gasteiger partial charge >= 0.3 is 0 Å². The second-order valence-corrected chi connectivity index (χ2v) is 6.10. The van der Waals surface area contributed by atoms with Crippen LogP contribution in [-0.2, 0) is 0 Å². The molecule has 88 valence electrons. The molecule has 0 saturated heterocycles. The summed E-state index contributed by atoms with van der Waals surface area (Å²) in [6.45, 7) is 6.45. The van der Waals surface area contributed by atoms with Gasteiger partial charge in [0.2, 0.25) is 0 Å². The maximum Gasteiger partial charge on any atom is 0.177 e. The van der Waals surface area contributed by atoms with Crippen LogP contribution in [0.1, 0.15) is 48.5 Å². The summed E-state index contributed by atoms with van der Waals surface area (Å²) in [5, 5.41) is 0. The normalized spacial score (nSPS) is 30.3. The van der Waals surface area contributed by atoms with Crippen molar-refractivity contribution >= 4 is 17.1 Å². The van der Waals surface area contributed by atoms with Gasteiger partial charge < -0.3 is 0 Å². The Balaban J connectivity index is 2.13. The zero-order chi connectivity index (χ0) is 11.7. The minimum Gasteiger partial charge on any atom is -0.293 e. The summed E-state index contributed by atoms with van der Waals surface area (Å²) < 4.78 is 0. The van der Waals surface area contributed by atoms with Crippen LogP contribution >= 0.6 is 11.3 Å². The van der Waals surface area contributed by atoms with Crippen LogP contribution in [-0.4, -0.2) is 10.8 Å². The largest absolute Gasteiger partial charge is 0.293 e. The summed E-state index contributed by atoms with van der Waals surface area (Å²) >= 11 is 1.49. The number of rotatable bonds is 2. The molecule has 0 radical (unpaired) electrons. The zero-order valence-electron chi connectivity index (χ0n) is 10.2. The van der Waals surface area contributed by atoms with E-state index in [0.29, 0.717) is 17.6 Å². The number of hydrogen-bond donors (Lipinski definition) is 0. The monoisotopic (exact) mass is 237 g/mol. The van der Waals surface area contributed by atoms with Gasteiger partial charge in [-0.1, -0.05) is 13.8 Å². The predicted octanol–water partition coefficient (Wildman–Crippen LogP) is 3.71. The number of thiazole rings is 1. The van der Waals surface area contributed by atoms with E-state index in [1.54, 1.807) is 5.51 Å². The molecule has 2 nitrogen and oxygen atoms in total. The third-order valence-corrected chi connectivity index (χ3v) is 4.46. The molecule has 16 heavy (non-hydrogen) atoms. The second kappa shape index (κ2) is 4.66. The summed E-state index contributed by atoms with van der Waals surface area (Å²) in [4.78, 5) is 17.4. The van der Waals surface area contributed by atoms with Gasteiger partial charge in [0, 0.05) is 5.92 Å². The lowest BCUT2D eigenvalue weighted by molar-refractivity contribution is 0.0839. The molecule has 0 amide bonds. The van der Waals surface area contributed by atoms with Gasteiger partial charge in [-0.25, -0.2) is 4.98 Å². The average Bonchev–Trinajstić information content (AvgIpc) is 2.62. The molecule has 1 saturated carbocycles. The van der Waals surface area contributed by atoms with Crippen molar-refractivity contribution < 1.29 is 4.79 Å². The zero-order valence-corrected chi connectivity index (χ0v) is 11.0. The van der Waals surface area contributed by atoms with Crippen LogP contribution in [0.3, 0.4) is 0 Å². The average molecular weight is 237 g/mol. The van der Waals surface area contributed by atoms with Crippen molar-refractivity contribution in [3.8, 4) is 0 Å². The maximum absolute atomic E-state index is 12.3. The number of carbonyl (C=O) groups is 1. The molecule has 0 spiro atoms. The SMILES string of the molecule is Cc1ncsc1C(=O)C1CC(C)CC(C)C1. The number of Topliss-reactive ketones (excluding diaryl/α,β-unsaturated/α-hetero) is 1. The van der Waals surface area contributed by atoms with Crippen LogP contribution in [0.2, 0.25) is 0 Å². The Hall–Kier alpha value is -0.700. The van der Waals surface area contributed by atoms with Crippen molar-refractivity contribution in [3.63, 3.8) is 0 Å².